The Balaban J connectivity index is 1.43. The summed E-state index contributed by atoms with van der Waals surface area (Å²) in [5.41, 5.74) is 2.14. The highest BCUT2D eigenvalue weighted by Crippen LogP contribution is 2.65. The van der Waals surface area contributed by atoms with Gasteiger partial charge in [0.2, 0.25) is 0 Å². The lowest BCUT2D eigenvalue weighted by molar-refractivity contribution is -0.144. The molecule has 1 spiro atoms. The highest BCUT2D eigenvalue weighted by atomic mass is 19.3. The minimum atomic E-state index is -0.440. The average molecular weight is 372 g/mol. The Morgan fingerprint density at radius 1 is 1.11 bits per heavy atom. The predicted octanol–water partition coefficient (Wildman–Crippen LogP) is 5.01. The SMILES string of the molecule is N#Cc1ccc(N2CCC3(CC2)CC3c2ccc(COF)c(F)c2)c(F)c1. The van der Waals surface area contributed by atoms with Crippen LogP contribution in [0.15, 0.2) is 36.4 Å². The molecule has 1 aliphatic carbocycles. The second kappa shape index (κ2) is 6.90. The molecular formula is C21H19F3N2O. The van der Waals surface area contributed by atoms with E-state index in [2.05, 4.69) is 4.94 Å². The number of nitriles is 1. The summed E-state index contributed by atoms with van der Waals surface area (Å²) in [7, 11) is 0. The van der Waals surface area contributed by atoms with Gasteiger partial charge >= 0.3 is 0 Å². The predicted molar refractivity (Wildman–Crippen MR) is 94.7 cm³/mol. The van der Waals surface area contributed by atoms with Gasteiger partial charge < -0.3 is 4.90 Å². The van der Waals surface area contributed by atoms with E-state index in [1.807, 2.05) is 17.0 Å². The zero-order valence-electron chi connectivity index (χ0n) is 14.7. The number of benzene rings is 2. The van der Waals surface area contributed by atoms with Crippen molar-refractivity contribution in [3.63, 3.8) is 0 Å². The Bertz CT molecular complexity index is 901. The molecule has 0 amide bonds. The first-order chi connectivity index (χ1) is 13.1. The van der Waals surface area contributed by atoms with Crippen LogP contribution < -0.4 is 4.90 Å². The average Bonchev–Trinajstić information content (AvgIpc) is 3.37. The fraction of sp³-hybridized carbons (Fsp3) is 0.381. The van der Waals surface area contributed by atoms with Gasteiger partial charge in [-0.15, -0.1) is 0 Å². The molecule has 6 heteroatoms. The van der Waals surface area contributed by atoms with Crippen molar-refractivity contribution in [2.24, 2.45) is 5.41 Å². The van der Waals surface area contributed by atoms with Crippen LogP contribution in [0.2, 0.25) is 0 Å². The third-order valence-corrected chi connectivity index (χ3v) is 6.06. The molecule has 4 rings (SSSR count). The van der Waals surface area contributed by atoms with Gasteiger partial charge in [0.15, 0.2) is 0 Å². The van der Waals surface area contributed by atoms with Gasteiger partial charge in [0, 0.05) is 18.7 Å². The van der Waals surface area contributed by atoms with Gasteiger partial charge in [-0.25, -0.2) is 8.78 Å². The number of hydrogen-bond donors (Lipinski definition) is 0. The van der Waals surface area contributed by atoms with E-state index >= 15 is 0 Å². The van der Waals surface area contributed by atoms with Crippen molar-refractivity contribution in [3.05, 3.63) is 64.7 Å². The normalized spacial score (nSPS) is 20.5. The van der Waals surface area contributed by atoms with E-state index in [9.17, 15) is 13.3 Å². The van der Waals surface area contributed by atoms with Crippen LogP contribution in [0.1, 0.15) is 41.9 Å². The summed E-state index contributed by atoms with van der Waals surface area (Å²) in [6, 6.07) is 11.4. The molecule has 2 aromatic carbocycles. The van der Waals surface area contributed by atoms with E-state index in [0.717, 1.165) is 37.9 Å². The van der Waals surface area contributed by atoms with Crippen LogP contribution in [0.4, 0.5) is 19.0 Å². The maximum absolute atomic E-state index is 14.2. The second-order valence-corrected chi connectivity index (χ2v) is 7.49. The first-order valence-corrected chi connectivity index (χ1v) is 9.03. The van der Waals surface area contributed by atoms with Crippen molar-refractivity contribution in [3.8, 4) is 6.07 Å². The lowest BCUT2D eigenvalue weighted by Gasteiger charge is -2.35. The molecule has 1 unspecified atom stereocenters. The van der Waals surface area contributed by atoms with E-state index in [0.29, 0.717) is 17.2 Å². The van der Waals surface area contributed by atoms with Crippen LogP contribution >= 0.6 is 0 Å². The van der Waals surface area contributed by atoms with E-state index < -0.39 is 5.82 Å². The van der Waals surface area contributed by atoms with Gasteiger partial charge in [-0.2, -0.15) is 10.2 Å². The van der Waals surface area contributed by atoms with Crippen LogP contribution in [0.3, 0.4) is 0 Å². The number of hydrogen-bond acceptors (Lipinski definition) is 3. The molecule has 2 aliphatic rings. The van der Waals surface area contributed by atoms with E-state index in [-0.39, 0.29) is 23.4 Å². The zero-order chi connectivity index (χ0) is 19.0. The van der Waals surface area contributed by atoms with Crippen LogP contribution in [-0.2, 0) is 11.5 Å². The van der Waals surface area contributed by atoms with E-state index in [4.69, 9.17) is 5.26 Å². The van der Waals surface area contributed by atoms with E-state index in [1.165, 1.54) is 12.1 Å². The molecule has 1 saturated carbocycles. The molecule has 2 aromatic rings. The van der Waals surface area contributed by atoms with Crippen molar-refractivity contribution in [1.82, 2.24) is 0 Å². The Morgan fingerprint density at radius 2 is 1.89 bits per heavy atom. The molecule has 1 saturated heterocycles. The highest BCUT2D eigenvalue weighted by Gasteiger charge is 2.55. The maximum atomic E-state index is 14.2. The molecule has 0 N–H and O–H groups in total. The van der Waals surface area contributed by atoms with Crippen LogP contribution in [-0.4, -0.2) is 13.1 Å². The van der Waals surface area contributed by atoms with Crippen LogP contribution in [0, 0.1) is 28.4 Å². The quantitative estimate of drug-likeness (QED) is 0.757. The van der Waals surface area contributed by atoms with Gasteiger partial charge in [-0.3, -0.25) is 0 Å². The van der Waals surface area contributed by atoms with Gasteiger partial charge in [0.05, 0.1) is 17.3 Å². The topological polar surface area (TPSA) is 36.3 Å². The third kappa shape index (κ3) is 3.28. The van der Waals surface area contributed by atoms with Gasteiger partial charge in [0.25, 0.3) is 0 Å². The monoisotopic (exact) mass is 372 g/mol. The summed E-state index contributed by atoms with van der Waals surface area (Å²) in [6.45, 7) is 1.08. The van der Waals surface area contributed by atoms with Crippen molar-refractivity contribution < 1.29 is 18.2 Å². The molecule has 27 heavy (non-hydrogen) atoms. The molecular weight excluding hydrogens is 353 g/mol. The zero-order valence-corrected chi connectivity index (χ0v) is 14.7. The minimum absolute atomic E-state index is 0.143. The minimum Gasteiger partial charge on any atom is -0.369 e. The molecule has 2 fully saturated rings. The molecule has 1 atom stereocenters. The van der Waals surface area contributed by atoms with Gasteiger partial charge in [-0.1, -0.05) is 12.1 Å². The Morgan fingerprint density at radius 3 is 2.52 bits per heavy atom. The van der Waals surface area contributed by atoms with Crippen LogP contribution in [0.5, 0.6) is 0 Å². The maximum Gasteiger partial charge on any atom is 0.147 e. The largest absolute Gasteiger partial charge is 0.369 e. The number of halogens is 3. The fourth-order valence-electron chi connectivity index (χ4n) is 4.35. The summed E-state index contributed by atoms with van der Waals surface area (Å²) in [5.74, 6) is -0.519. The van der Waals surface area contributed by atoms with E-state index in [1.54, 1.807) is 18.2 Å². The van der Waals surface area contributed by atoms with Gasteiger partial charge in [0.1, 0.15) is 18.2 Å². The summed E-state index contributed by atoms with van der Waals surface area (Å²) < 4.78 is 40.2. The lowest BCUT2D eigenvalue weighted by Crippen LogP contribution is -2.35. The Kier molecular flexibility index (Phi) is 4.56. The second-order valence-electron chi connectivity index (χ2n) is 7.49. The van der Waals surface area contributed by atoms with Crippen molar-refractivity contribution in [1.29, 1.82) is 5.26 Å². The molecule has 0 aromatic heterocycles. The number of rotatable bonds is 4. The lowest BCUT2D eigenvalue weighted by atomic mass is 9.88. The van der Waals surface area contributed by atoms with Crippen molar-refractivity contribution >= 4 is 5.69 Å². The molecule has 140 valence electrons. The smallest absolute Gasteiger partial charge is 0.147 e. The highest BCUT2D eigenvalue weighted by molar-refractivity contribution is 5.52. The molecule has 0 bridgehead atoms. The Labute approximate surface area is 155 Å². The number of piperidine rings is 1. The molecule has 0 radical (unpaired) electrons. The summed E-state index contributed by atoms with van der Waals surface area (Å²) in [6.07, 6.45) is 2.82. The van der Waals surface area contributed by atoms with Crippen molar-refractivity contribution in [2.45, 2.75) is 31.8 Å². The van der Waals surface area contributed by atoms with Crippen LogP contribution in [0.25, 0.3) is 0 Å². The fourth-order valence-corrected chi connectivity index (χ4v) is 4.35. The standard InChI is InChI=1S/C21H19F3N2O/c22-18-10-15(2-3-16(18)13-27-24)17-11-21(17)5-7-26(8-6-21)20-4-1-14(12-25)9-19(20)23/h1-4,9-10,17H,5-8,11,13H2. The first-order valence-electron chi connectivity index (χ1n) is 9.03. The summed E-state index contributed by atoms with van der Waals surface area (Å²) >= 11 is 0. The molecule has 3 nitrogen and oxygen atoms in total. The molecule has 1 heterocycles. The molecule has 1 aliphatic heterocycles. The third-order valence-electron chi connectivity index (χ3n) is 6.06. The number of nitrogens with zero attached hydrogens (tertiary/aromatic N) is 2. The summed E-state index contributed by atoms with van der Waals surface area (Å²) in [5, 5.41) is 8.86. The van der Waals surface area contributed by atoms with Crippen molar-refractivity contribution in [2.75, 3.05) is 18.0 Å². The Hall–Kier alpha value is -2.52. The summed E-state index contributed by atoms with van der Waals surface area (Å²) in [4.78, 5) is 5.53. The van der Waals surface area contributed by atoms with Gasteiger partial charge in [-0.05, 0) is 65.0 Å². The first kappa shape index (κ1) is 17.9. The number of anilines is 1.